The second-order valence-electron chi connectivity index (χ2n) is 8.41. The van der Waals surface area contributed by atoms with E-state index >= 15 is 0 Å². The fraction of sp³-hybridized carbons (Fsp3) is 0.308. The van der Waals surface area contributed by atoms with Crippen molar-refractivity contribution in [3.63, 3.8) is 0 Å². The molecule has 0 saturated carbocycles. The van der Waals surface area contributed by atoms with Crippen LogP contribution in [-0.4, -0.2) is 61.4 Å². The molecule has 7 heteroatoms. The molecule has 5 rings (SSSR count). The van der Waals surface area contributed by atoms with Gasteiger partial charge in [-0.25, -0.2) is 9.97 Å². The van der Waals surface area contributed by atoms with Gasteiger partial charge in [-0.3, -0.25) is 4.90 Å². The summed E-state index contributed by atoms with van der Waals surface area (Å²) < 4.78 is 16.8. The Bertz CT molecular complexity index is 1280. The molecule has 1 N–H and O–H groups in total. The first-order valence-electron chi connectivity index (χ1n) is 11.1. The highest BCUT2D eigenvalue weighted by atomic mass is 16.5. The molecule has 2 atom stereocenters. The Morgan fingerprint density at radius 1 is 0.879 bits per heavy atom. The summed E-state index contributed by atoms with van der Waals surface area (Å²) in [4.78, 5) is 11.7. The number of pyridine rings is 2. The van der Waals surface area contributed by atoms with Crippen LogP contribution in [0.2, 0.25) is 0 Å². The van der Waals surface area contributed by atoms with Gasteiger partial charge in [0.2, 0.25) is 5.88 Å². The molecular weight excluding hydrogens is 416 g/mol. The molecule has 1 aliphatic rings. The summed E-state index contributed by atoms with van der Waals surface area (Å²) in [5.74, 6) is 3.19. The quantitative estimate of drug-likeness (QED) is 0.454. The fourth-order valence-electron chi connectivity index (χ4n) is 4.35. The Balaban J connectivity index is 1.20. The van der Waals surface area contributed by atoms with Crippen LogP contribution in [0.15, 0.2) is 60.7 Å². The van der Waals surface area contributed by atoms with Crippen molar-refractivity contribution >= 4 is 27.6 Å². The highest BCUT2D eigenvalue weighted by molar-refractivity contribution is 5.82. The summed E-state index contributed by atoms with van der Waals surface area (Å²) >= 11 is 0. The van der Waals surface area contributed by atoms with E-state index in [-0.39, 0.29) is 6.10 Å². The zero-order valence-electron chi connectivity index (χ0n) is 19.1. The predicted octanol–water partition coefficient (Wildman–Crippen LogP) is 4.36. The van der Waals surface area contributed by atoms with E-state index in [9.17, 15) is 0 Å². The van der Waals surface area contributed by atoms with Gasteiger partial charge in [-0.05, 0) is 61.6 Å². The van der Waals surface area contributed by atoms with Crippen LogP contribution < -0.4 is 19.5 Å². The summed E-state index contributed by atoms with van der Waals surface area (Å²) in [5, 5.41) is 5.59. The average Bonchev–Trinajstić information content (AvgIpc) is 3.20. The number of nitrogens with one attached hydrogen (secondary N) is 1. The maximum absolute atomic E-state index is 6.23. The molecule has 0 radical (unpaired) electrons. The normalized spacial score (nSPS) is 18.5. The van der Waals surface area contributed by atoms with Crippen molar-refractivity contribution in [2.24, 2.45) is 0 Å². The minimum Gasteiger partial charge on any atom is -0.497 e. The zero-order valence-corrected chi connectivity index (χ0v) is 19.1. The molecule has 0 unspecified atom stereocenters. The van der Waals surface area contributed by atoms with Crippen molar-refractivity contribution in [1.82, 2.24) is 14.9 Å². The summed E-state index contributed by atoms with van der Waals surface area (Å²) in [5.41, 5.74) is 1.85. The number of aromatic nitrogens is 2. The van der Waals surface area contributed by atoms with Gasteiger partial charge in [0.05, 0.1) is 25.3 Å². The number of hydrogen-bond acceptors (Lipinski definition) is 7. The van der Waals surface area contributed by atoms with Gasteiger partial charge in [-0.15, -0.1) is 0 Å². The number of nitrogens with zero attached hydrogens (tertiary/aromatic N) is 3. The molecule has 3 heterocycles. The van der Waals surface area contributed by atoms with Crippen LogP contribution in [0.1, 0.15) is 6.42 Å². The second-order valence-corrected chi connectivity index (χ2v) is 8.41. The van der Waals surface area contributed by atoms with E-state index in [0.717, 1.165) is 58.6 Å². The van der Waals surface area contributed by atoms with Crippen molar-refractivity contribution in [2.45, 2.75) is 18.6 Å². The number of hydrogen-bond donors (Lipinski definition) is 1. The zero-order chi connectivity index (χ0) is 22.8. The number of benzene rings is 2. The van der Waals surface area contributed by atoms with Gasteiger partial charge < -0.3 is 19.5 Å². The van der Waals surface area contributed by atoms with Crippen LogP contribution >= 0.6 is 0 Å². The van der Waals surface area contributed by atoms with Crippen LogP contribution in [0.3, 0.4) is 0 Å². The molecule has 33 heavy (non-hydrogen) atoms. The number of methoxy groups -OCH3 is 2. The van der Waals surface area contributed by atoms with Crippen LogP contribution in [0.4, 0.5) is 5.82 Å². The lowest BCUT2D eigenvalue weighted by Gasteiger charge is -2.19. The number of fused-ring (bicyclic) bond motifs is 2. The monoisotopic (exact) mass is 444 g/mol. The highest BCUT2D eigenvalue weighted by Crippen LogP contribution is 2.26. The van der Waals surface area contributed by atoms with E-state index in [1.807, 2.05) is 54.6 Å². The summed E-state index contributed by atoms with van der Waals surface area (Å²) in [6.45, 7) is 1.66. The smallest absolute Gasteiger partial charge is 0.214 e. The largest absolute Gasteiger partial charge is 0.497 e. The third-order valence-electron chi connectivity index (χ3n) is 6.22. The lowest BCUT2D eigenvalue weighted by molar-refractivity contribution is 0.200. The molecular formula is C26H28N4O3. The number of ether oxygens (including phenoxy) is 3. The lowest BCUT2D eigenvalue weighted by Crippen LogP contribution is -2.31. The van der Waals surface area contributed by atoms with Crippen LogP contribution in [-0.2, 0) is 0 Å². The minimum absolute atomic E-state index is 0.0991. The van der Waals surface area contributed by atoms with Crippen LogP contribution in [0.5, 0.6) is 17.4 Å². The van der Waals surface area contributed by atoms with Crippen LogP contribution in [0, 0.1) is 0 Å². The summed E-state index contributed by atoms with van der Waals surface area (Å²) in [7, 11) is 5.48. The van der Waals surface area contributed by atoms with Crippen molar-refractivity contribution in [3.8, 4) is 17.4 Å². The first kappa shape index (κ1) is 21.3. The van der Waals surface area contributed by atoms with Gasteiger partial charge >= 0.3 is 0 Å². The maximum atomic E-state index is 6.23. The third-order valence-corrected chi connectivity index (χ3v) is 6.22. The number of likely N-dealkylation sites (tertiary alicyclic amines) is 1. The van der Waals surface area contributed by atoms with Crippen molar-refractivity contribution < 1.29 is 14.2 Å². The summed E-state index contributed by atoms with van der Waals surface area (Å²) in [6, 6.07) is 20.2. The van der Waals surface area contributed by atoms with Gasteiger partial charge in [0.15, 0.2) is 0 Å². The third kappa shape index (κ3) is 4.64. The second kappa shape index (κ2) is 9.11. The molecule has 170 valence electrons. The van der Waals surface area contributed by atoms with E-state index in [1.54, 1.807) is 14.2 Å². The summed E-state index contributed by atoms with van der Waals surface area (Å²) in [6.07, 6.45) is 1.03. The fourth-order valence-corrected chi connectivity index (χ4v) is 4.35. The van der Waals surface area contributed by atoms with Crippen molar-refractivity contribution in [1.29, 1.82) is 0 Å². The van der Waals surface area contributed by atoms with E-state index in [1.165, 1.54) is 0 Å². The molecule has 1 aliphatic heterocycles. The van der Waals surface area contributed by atoms with Gasteiger partial charge in [0.1, 0.15) is 23.4 Å². The molecule has 0 spiro atoms. The average molecular weight is 445 g/mol. The minimum atomic E-state index is 0.0991. The van der Waals surface area contributed by atoms with Gasteiger partial charge in [-0.1, -0.05) is 0 Å². The molecule has 1 fully saturated rings. The SMILES string of the molecule is COc1ccc2nc(NC[C@@H]3C[C@@H](Oc4ccc5cc(OC)ccc5n4)CN3C)ccc2c1. The number of anilines is 1. The van der Waals surface area contributed by atoms with Crippen LogP contribution in [0.25, 0.3) is 21.8 Å². The van der Waals surface area contributed by atoms with Crippen molar-refractivity contribution in [3.05, 3.63) is 60.7 Å². The molecule has 0 amide bonds. The van der Waals surface area contributed by atoms with Gasteiger partial charge in [0.25, 0.3) is 0 Å². The molecule has 2 aromatic heterocycles. The topological polar surface area (TPSA) is 68.7 Å². The highest BCUT2D eigenvalue weighted by Gasteiger charge is 2.31. The Hall–Kier alpha value is -3.58. The molecule has 0 bridgehead atoms. The maximum Gasteiger partial charge on any atom is 0.214 e. The lowest BCUT2D eigenvalue weighted by atomic mass is 10.2. The van der Waals surface area contributed by atoms with E-state index < -0.39 is 0 Å². The van der Waals surface area contributed by atoms with E-state index in [2.05, 4.69) is 28.3 Å². The molecule has 1 saturated heterocycles. The van der Waals surface area contributed by atoms with Gasteiger partial charge in [-0.2, -0.15) is 0 Å². The predicted molar refractivity (Wildman–Crippen MR) is 131 cm³/mol. The van der Waals surface area contributed by atoms with E-state index in [0.29, 0.717) is 11.9 Å². The Labute approximate surface area is 193 Å². The Morgan fingerprint density at radius 3 is 2.24 bits per heavy atom. The Kier molecular flexibility index (Phi) is 5.88. The Morgan fingerprint density at radius 2 is 1.55 bits per heavy atom. The first-order chi connectivity index (χ1) is 16.1. The number of likely N-dealkylation sites (N-methyl/N-ethyl adjacent to an activating group) is 1. The first-order valence-corrected chi connectivity index (χ1v) is 11.1. The standard InChI is InChI=1S/C26H28N4O3/c1-30-16-22(33-26-11-5-18-13-21(32-3)7-9-24(18)29-26)14-19(30)15-27-25-10-4-17-12-20(31-2)6-8-23(17)28-25/h4-13,19,22H,14-16H2,1-3H3,(H,27,28)/t19-,22+/m0/s1. The molecule has 7 nitrogen and oxygen atoms in total. The molecule has 2 aromatic carbocycles. The number of rotatable bonds is 7. The van der Waals surface area contributed by atoms with Gasteiger partial charge in [0, 0.05) is 42.4 Å². The molecule has 0 aliphatic carbocycles. The molecule has 4 aromatic rings. The van der Waals surface area contributed by atoms with E-state index in [4.69, 9.17) is 19.2 Å². The van der Waals surface area contributed by atoms with Crippen molar-refractivity contribution in [2.75, 3.05) is 39.7 Å².